The van der Waals surface area contributed by atoms with Crippen molar-refractivity contribution in [3.8, 4) is 0 Å². The molecule has 0 saturated heterocycles. The number of nitrogens with zero attached hydrogens (tertiary/aromatic N) is 2. The molecule has 0 aliphatic carbocycles. The van der Waals surface area contributed by atoms with E-state index in [0.29, 0.717) is 5.56 Å². The Bertz CT molecular complexity index is 523. The van der Waals surface area contributed by atoms with E-state index in [1.54, 1.807) is 18.6 Å². The Morgan fingerprint density at radius 2 is 2.20 bits per heavy atom. The van der Waals surface area contributed by atoms with Crippen molar-refractivity contribution in [1.29, 1.82) is 0 Å². The maximum atomic E-state index is 10.5. The minimum absolute atomic E-state index is 0.00309. The molecular weight excluding hydrogens is 192 g/mol. The van der Waals surface area contributed by atoms with Crippen molar-refractivity contribution in [2.45, 2.75) is 13.3 Å². The highest BCUT2D eigenvalue weighted by Gasteiger charge is 2.04. The molecule has 0 fully saturated rings. The summed E-state index contributed by atoms with van der Waals surface area (Å²) in [6, 6.07) is 1.82. The van der Waals surface area contributed by atoms with Gasteiger partial charge >= 0.3 is 5.97 Å². The summed E-state index contributed by atoms with van der Waals surface area (Å²) in [7, 11) is 0. The summed E-state index contributed by atoms with van der Waals surface area (Å²) < 4.78 is 0. The number of carboxylic acid groups (broad SMARTS) is 1. The molecule has 15 heavy (non-hydrogen) atoms. The van der Waals surface area contributed by atoms with Crippen LogP contribution < -0.4 is 0 Å². The number of rotatable bonds is 2. The van der Waals surface area contributed by atoms with Gasteiger partial charge in [-0.05, 0) is 24.1 Å². The molecule has 2 heterocycles. The zero-order chi connectivity index (χ0) is 10.8. The monoisotopic (exact) mass is 202 g/mol. The Balaban J connectivity index is 2.52. The van der Waals surface area contributed by atoms with E-state index in [4.69, 9.17) is 5.11 Å². The molecule has 0 aromatic carbocycles. The molecule has 4 nitrogen and oxygen atoms in total. The van der Waals surface area contributed by atoms with Crippen LogP contribution >= 0.6 is 0 Å². The van der Waals surface area contributed by atoms with Gasteiger partial charge in [-0.2, -0.15) is 0 Å². The van der Waals surface area contributed by atoms with Crippen molar-refractivity contribution in [3.05, 3.63) is 35.8 Å². The van der Waals surface area contributed by atoms with Gasteiger partial charge in [-0.1, -0.05) is 0 Å². The molecule has 0 bridgehead atoms. The van der Waals surface area contributed by atoms with Crippen molar-refractivity contribution in [3.63, 3.8) is 0 Å². The van der Waals surface area contributed by atoms with Crippen LogP contribution in [0.3, 0.4) is 0 Å². The van der Waals surface area contributed by atoms with Gasteiger partial charge in [-0.15, -0.1) is 0 Å². The Labute approximate surface area is 86.6 Å². The Morgan fingerprint density at radius 1 is 1.40 bits per heavy atom. The molecule has 2 aromatic heterocycles. The summed E-state index contributed by atoms with van der Waals surface area (Å²) in [5, 5.41) is 9.53. The zero-order valence-corrected chi connectivity index (χ0v) is 8.27. The average Bonchev–Trinajstić information content (AvgIpc) is 2.17. The number of hydrogen-bond acceptors (Lipinski definition) is 3. The third kappa shape index (κ3) is 1.93. The fourth-order valence-corrected chi connectivity index (χ4v) is 1.52. The average molecular weight is 202 g/mol. The lowest BCUT2D eigenvalue weighted by molar-refractivity contribution is -0.136. The topological polar surface area (TPSA) is 63.1 Å². The number of carboxylic acids is 1. The van der Waals surface area contributed by atoms with Crippen molar-refractivity contribution in [2.24, 2.45) is 0 Å². The molecule has 4 heteroatoms. The molecule has 0 radical (unpaired) electrons. The van der Waals surface area contributed by atoms with Gasteiger partial charge in [-0.3, -0.25) is 14.8 Å². The van der Waals surface area contributed by atoms with Gasteiger partial charge in [0.2, 0.25) is 0 Å². The van der Waals surface area contributed by atoms with E-state index in [1.807, 2.05) is 13.0 Å². The molecule has 2 rings (SSSR count). The summed E-state index contributed by atoms with van der Waals surface area (Å²) in [5.74, 6) is -0.850. The van der Waals surface area contributed by atoms with Gasteiger partial charge < -0.3 is 5.11 Å². The van der Waals surface area contributed by atoms with Gasteiger partial charge in [0.25, 0.3) is 0 Å². The van der Waals surface area contributed by atoms with E-state index in [2.05, 4.69) is 9.97 Å². The first kappa shape index (κ1) is 9.58. The second-order valence-corrected chi connectivity index (χ2v) is 3.44. The maximum Gasteiger partial charge on any atom is 0.307 e. The van der Waals surface area contributed by atoms with Crippen molar-refractivity contribution >= 4 is 16.9 Å². The number of fused-ring (bicyclic) bond motifs is 1. The van der Waals surface area contributed by atoms with Gasteiger partial charge in [0, 0.05) is 24.0 Å². The van der Waals surface area contributed by atoms with Gasteiger partial charge in [0.05, 0.1) is 11.9 Å². The van der Waals surface area contributed by atoms with E-state index in [0.717, 1.165) is 16.5 Å². The first-order valence-corrected chi connectivity index (χ1v) is 4.58. The van der Waals surface area contributed by atoms with Gasteiger partial charge in [0.15, 0.2) is 0 Å². The third-order valence-corrected chi connectivity index (χ3v) is 2.18. The molecule has 0 spiro atoms. The molecule has 2 aromatic rings. The quantitative estimate of drug-likeness (QED) is 0.802. The molecule has 0 unspecified atom stereocenters. The van der Waals surface area contributed by atoms with E-state index in [9.17, 15) is 4.79 Å². The SMILES string of the molecule is Cc1cncc2cc(CC(=O)O)cnc12. The zero-order valence-electron chi connectivity index (χ0n) is 8.27. The van der Waals surface area contributed by atoms with Crippen LogP contribution in [0.15, 0.2) is 24.7 Å². The van der Waals surface area contributed by atoms with Crippen LogP contribution in [0, 0.1) is 6.92 Å². The molecule has 1 N–H and O–H groups in total. The van der Waals surface area contributed by atoms with Crippen molar-refractivity contribution in [2.75, 3.05) is 0 Å². The minimum Gasteiger partial charge on any atom is -0.481 e. The maximum absolute atomic E-state index is 10.5. The van der Waals surface area contributed by atoms with Crippen LogP contribution in [0.5, 0.6) is 0 Å². The number of pyridine rings is 2. The molecule has 0 atom stereocenters. The Kier molecular flexibility index (Phi) is 2.33. The molecular formula is C11H10N2O2. The van der Waals surface area contributed by atoms with Crippen LogP contribution in [-0.2, 0) is 11.2 Å². The normalized spacial score (nSPS) is 10.5. The van der Waals surface area contributed by atoms with Crippen molar-refractivity contribution < 1.29 is 9.90 Å². The summed E-state index contributed by atoms with van der Waals surface area (Å²) in [6.45, 7) is 1.93. The highest BCUT2D eigenvalue weighted by molar-refractivity contribution is 5.82. The number of aliphatic carboxylic acids is 1. The summed E-state index contributed by atoms with van der Waals surface area (Å²) in [6.07, 6.45) is 5.03. The molecule has 0 aliphatic heterocycles. The molecule has 0 amide bonds. The van der Waals surface area contributed by atoms with Crippen LogP contribution in [0.25, 0.3) is 10.9 Å². The smallest absolute Gasteiger partial charge is 0.307 e. The van der Waals surface area contributed by atoms with E-state index < -0.39 is 5.97 Å². The predicted molar refractivity (Wildman–Crippen MR) is 55.6 cm³/mol. The van der Waals surface area contributed by atoms with E-state index in [1.165, 1.54) is 0 Å². The lowest BCUT2D eigenvalue weighted by atomic mass is 10.1. The summed E-state index contributed by atoms with van der Waals surface area (Å²) in [4.78, 5) is 18.8. The fraction of sp³-hybridized carbons (Fsp3) is 0.182. The number of hydrogen-bond donors (Lipinski definition) is 1. The fourth-order valence-electron chi connectivity index (χ4n) is 1.52. The Hall–Kier alpha value is -1.97. The lowest BCUT2D eigenvalue weighted by Gasteiger charge is -2.02. The number of aryl methyl sites for hydroxylation is 1. The highest BCUT2D eigenvalue weighted by atomic mass is 16.4. The van der Waals surface area contributed by atoms with Gasteiger partial charge in [0.1, 0.15) is 0 Å². The molecule has 0 saturated carbocycles. The lowest BCUT2D eigenvalue weighted by Crippen LogP contribution is -2.00. The minimum atomic E-state index is -0.850. The Morgan fingerprint density at radius 3 is 2.93 bits per heavy atom. The van der Waals surface area contributed by atoms with Crippen LogP contribution in [-0.4, -0.2) is 21.0 Å². The summed E-state index contributed by atoms with van der Waals surface area (Å²) in [5.41, 5.74) is 2.57. The second kappa shape index (κ2) is 3.65. The van der Waals surface area contributed by atoms with E-state index >= 15 is 0 Å². The standard InChI is InChI=1S/C11H10N2O2/c1-7-4-12-6-9-2-8(3-10(14)15)5-13-11(7)9/h2,4-6H,3H2,1H3,(H,14,15). The number of aromatic nitrogens is 2. The third-order valence-electron chi connectivity index (χ3n) is 2.18. The van der Waals surface area contributed by atoms with Crippen LogP contribution in [0.2, 0.25) is 0 Å². The second-order valence-electron chi connectivity index (χ2n) is 3.44. The van der Waals surface area contributed by atoms with Crippen LogP contribution in [0.4, 0.5) is 0 Å². The molecule has 76 valence electrons. The first-order chi connectivity index (χ1) is 7.16. The molecule has 0 aliphatic rings. The highest BCUT2D eigenvalue weighted by Crippen LogP contribution is 2.15. The number of carbonyl (C=O) groups is 1. The van der Waals surface area contributed by atoms with Crippen molar-refractivity contribution in [1.82, 2.24) is 9.97 Å². The van der Waals surface area contributed by atoms with Gasteiger partial charge in [-0.25, -0.2) is 0 Å². The van der Waals surface area contributed by atoms with E-state index in [-0.39, 0.29) is 6.42 Å². The first-order valence-electron chi connectivity index (χ1n) is 4.58. The largest absolute Gasteiger partial charge is 0.481 e. The summed E-state index contributed by atoms with van der Waals surface area (Å²) >= 11 is 0. The predicted octanol–water partition coefficient (Wildman–Crippen LogP) is 1.57. The van der Waals surface area contributed by atoms with Crippen LogP contribution in [0.1, 0.15) is 11.1 Å².